The fourth-order valence-electron chi connectivity index (χ4n) is 2.80. The van der Waals surface area contributed by atoms with Crippen molar-refractivity contribution in [2.45, 2.75) is 30.7 Å². The first-order valence-corrected chi connectivity index (χ1v) is 8.36. The Morgan fingerprint density at radius 3 is 2.33 bits per heavy atom. The molecule has 27 heavy (non-hydrogen) atoms. The van der Waals surface area contributed by atoms with Gasteiger partial charge in [0, 0.05) is 24.7 Å². The number of hydrogen-bond acceptors (Lipinski definition) is 4. The normalized spacial score (nSPS) is 23.1. The molecule has 1 heterocycles. The number of aliphatic carboxylic acids is 1. The van der Waals surface area contributed by atoms with Crippen molar-refractivity contribution < 1.29 is 32.3 Å². The summed E-state index contributed by atoms with van der Waals surface area (Å²) in [6.45, 7) is 1.32. The topological polar surface area (TPSA) is 104 Å². The van der Waals surface area contributed by atoms with E-state index in [2.05, 4.69) is 10.6 Å². The molecule has 0 spiro atoms. The molecule has 5 N–H and O–H groups in total. The Morgan fingerprint density at radius 2 is 1.89 bits per heavy atom. The minimum Gasteiger partial charge on any atom is -0.475 e. The molecule has 1 saturated carbocycles. The van der Waals surface area contributed by atoms with E-state index in [4.69, 9.17) is 15.6 Å². The molecule has 10 heteroatoms. The monoisotopic (exact) mass is 391 g/mol. The van der Waals surface area contributed by atoms with Crippen LogP contribution >= 0.6 is 0 Å². The molecule has 1 aromatic rings. The Morgan fingerprint density at radius 1 is 1.30 bits per heavy atom. The first-order valence-electron chi connectivity index (χ1n) is 8.36. The summed E-state index contributed by atoms with van der Waals surface area (Å²) in [4.78, 5) is 21.0. The van der Waals surface area contributed by atoms with E-state index in [1.807, 2.05) is 0 Å². The minimum atomic E-state index is -5.08. The van der Waals surface area contributed by atoms with Gasteiger partial charge >= 0.3 is 12.1 Å². The summed E-state index contributed by atoms with van der Waals surface area (Å²) >= 11 is 0. The molecule has 2 fully saturated rings. The summed E-state index contributed by atoms with van der Waals surface area (Å²) in [7, 11) is 0. The highest BCUT2D eigenvalue weighted by molar-refractivity contribution is 5.94. The highest BCUT2D eigenvalue weighted by Crippen LogP contribution is 2.31. The van der Waals surface area contributed by atoms with Crippen LogP contribution in [0.2, 0.25) is 0 Å². The predicted octanol–water partition coefficient (Wildman–Crippen LogP) is 1.55. The van der Waals surface area contributed by atoms with E-state index in [0.717, 1.165) is 12.8 Å². The lowest BCUT2D eigenvalue weighted by Crippen LogP contribution is -2.53. The first kappa shape index (κ1) is 21.1. The standard InChI is InChI=1S/C15H20FN3O.C2HF3O2/c16-15(8-18-9-15)12-3-1-2-11(6-12)14(20)19-13-4-10(5-13)7-17;3-2(4,5)1(6)7/h1-3,6,10,13,18H,4-5,7-9,17H2,(H,19,20);(H,6,7). The first-order chi connectivity index (χ1) is 12.5. The molecule has 6 nitrogen and oxygen atoms in total. The maximum Gasteiger partial charge on any atom is 0.490 e. The van der Waals surface area contributed by atoms with Crippen LogP contribution in [0.1, 0.15) is 28.8 Å². The maximum atomic E-state index is 14.3. The molecule has 1 saturated heterocycles. The zero-order valence-corrected chi connectivity index (χ0v) is 14.4. The van der Waals surface area contributed by atoms with Crippen molar-refractivity contribution in [1.29, 1.82) is 0 Å². The Kier molecular flexibility index (Phi) is 6.42. The average molecular weight is 391 g/mol. The van der Waals surface area contributed by atoms with Crippen LogP contribution in [0.4, 0.5) is 17.6 Å². The number of halogens is 4. The Bertz CT molecular complexity index is 686. The second kappa shape index (κ2) is 8.22. The molecule has 0 radical (unpaired) electrons. The second-order valence-corrected chi connectivity index (χ2v) is 6.70. The van der Waals surface area contributed by atoms with Gasteiger partial charge in [0.05, 0.1) is 0 Å². The Hall–Kier alpha value is -2.20. The van der Waals surface area contributed by atoms with Gasteiger partial charge in [0.2, 0.25) is 0 Å². The van der Waals surface area contributed by atoms with Gasteiger partial charge in [0.1, 0.15) is 0 Å². The molecule has 3 rings (SSSR count). The average Bonchev–Trinajstić information content (AvgIpc) is 2.55. The zero-order valence-electron chi connectivity index (χ0n) is 14.4. The molecular formula is C17H21F4N3O3. The number of amides is 1. The van der Waals surface area contributed by atoms with Crippen LogP contribution in [0, 0.1) is 5.92 Å². The molecule has 0 bridgehead atoms. The van der Waals surface area contributed by atoms with Gasteiger partial charge in [-0.3, -0.25) is 4.79 Å². The molecular weight excluding hydrogens is 370 g/mol. The molecule has 1 aliphatic carbocycles. The number of rotatable bonds is 4. The zero-order chi connectivity index (χ0) is 20.2. The summed E-state index contributed by atoms with van der Waals surface area (Å²) in [6, 6.07) is 7.09. The predicted molar refractivity (Wildman–Crippen MR) is 88.8 cm³/mol. The van der Waals surface area contributed by atoms with E-state index in [-0.39, 0.29) is 11.9 Å². The summed E-state index contributed by atoms with van der Waals surface area (Å²) in [5, 5.41) is 13.0. The number of alkyl halides is 4. The minimum absolute atomic E-state index is 0.122. The molecule has 2 aliphatic rings. The molecule has 0 aromatic heterocycles. The van der Waals surface area contributed by atoms with E-state index in [1.54, 1.807) is 24.3 Å². The Labute approximate surface area is 153 Å². The number of nitrogens with one attached hydrogen (secondary N) is 2. The van der Waals surface area contributed by atoms with Crippen LogP contribution in [-0.2, 0) is 10.5 Å². The van der Waals surface area contributed by atoms with Gasteiger partial charge in [-0.25, -0.2) is 9.18 Å². The van der Waals surface area contributed by atoms with Crippen LogP contribution in [-0.4, -0.2) is 48.8 Å². The largest absolute Gasteiger partial charge is 0.490 e. The van der Waals surface area contributed by atoms with Crippen molar-refractivity contribution in [3.8, 4) is 0 Å². The molecule has 1 amide bonds. The van der Waals surface area contributed by atoms with E-state index in [0.29, 0.717) is 36.7 Å². The summed E-state index contributed by atoms with van der Waals surface area (Å²) < 4.78 is 46.0. The van der Waals surface area contributed by atoms with Crippen molar-refractivity contribution in [3.05, 3.63) is 35.4 Å². The smallest absolute Gasteiger partial charge is 0.475 e. The fraction of sp³-hybridized carbons (Fsp3) is 0.529. The third-order valence-electron chi connectivity index (χ3n) is 4.60. The number of carbonyl (C=O) groups excluding carboxylic acids is 1. The number of nitrogens with two attached hydrogens (primary N) is 1. The van der Waals surface area contributed by atoms with E-state index in [1.165, 1.54) is 0 Å². The van der Waals surface area contributed by atoms with Crippen LogP contribution in [0.15, 0.2) is 24.3 Å². The third kappa shape index (κ3) is 5.39. The summed E-state index contributed by atoms with van der Waals surface area (Å²) in [5.74, 6) is -2.35. The highest BCUT2D eigenvalue weighted by Gasteiger charge is 2.39. The van der Waals surface area contributed by atoms with Crippen molar-refractivity contribution in [3.63, 3.8) is 0 Å². The lowest BCUT2D eigenvalue weighted by atomic mass is 9.80. The van der Waals surface area contributed by atoms with Gasteiger partial charge in [0.25, 0.3) is 5.91 Å². The maximum absolute atomic E-state index is 14.3. The van der Waals surface area contributed by atoms with Gasteiger partial charge < -0.3 is 21.5 Å². The van der Waals surface area contributed by atoms with Gasteiger partial charge in [-0.2, -0.15) is 13.2 Å². The summed E-state index contributed by atoms with van der Waals surface area (Å²) in [6.07, 6.45) is -3.20. The van der Waals surface area contributed by atoms with E-state index < -0.39 is 17.8 Å². The van der Waals surface area contributed by atoms with Gasteiger partial charge in [-0.05, 0) is 43.0 Å². The van der Waals surface area contributed by atoms with Crippen LogP contribution < -0.4 is 16.4 Å². The number of hydrogen-bond donors (Lipinski definition) is 4. The van der Waals surface area contributed by atoms with Gasteiger partial charge in [-0.1, -0.05) is 12.1 Å². The molecule has 150 valence electrons. The number of carboxylic acid groups (broad SMARTS) is 1. The van der Waals surface area contributed by atoms with Crippen LogP contribution in [0.5, 0.6) is 0 Å². The van der Waals surface area contributed by atoms with Crippen molar-refractivity contribution in [2.24, 2.45) is 11.7 Å². The molecule has 0 unspecified atom stereocenters. The Balaban J connectivity index is 0.000000321. The molecule has 1 aromatic carbocycles. The molecule has 1 aliphatic heterocycles. The van der Waals surface area contributed by atoms with E-state index in [9.17, 15) is 22.4 Å². The van der Waals surface area contributed by atoms with Gasteiger partial charge in [-0.15, -0.1) is 0 Å². The lowest BCUT2D eigenvalue weighted by molar-refractivity contribution is -0.192. The summed E-state index contributed by atoms with van der Waals surface area (Å²) in [5.41, 5.74) is 5.36. The SMILES string of the molecule is NCC1CC(NC(=O)c2cccc(C3(F)CNC3)c2)C1.O=C(O)C(F)(F)F. The van der Waals surface area contributed by atoms with E-state index >= 15 is 0 Å². The van der Waals surface area contributed by atoms with Crippen molar-refractivity contribution in [2.75, 3.05) is 19.6 Å². The number of carbonyl (C=O) groups is 2. The second-order valence-electron chi connectivity index (χ2n) is 6.70. The number of benzene rings is 1. The quantitative estimate of drug-likeness (QED) is 0.583. The highest BCUT2D eigenvalue weighted by atomic mass is 19.4. The van der Waals surface area contributed by atoms with Crippen LogP contribution in [0.25, 0.3) is 0 Å². The number of carboxylic acids is 1. The van der Waals surface area contributed by atoms with Crippen molar-refractivity contribution in [1.82, 2.24) is 10.6 Å². The molecule has 0 atom stereocenters. The lowest BCUT2D eigenvalue weighted by Gasteiger charge is -2.36. The fourth-order valence-corrected chi connectivity index (χ4v) is 2.80. The van der Waals surface area contributed by atoms with Gasteiger partial charge in [0.15, 0.2) is 5.67 Å². The third-order valence-corrected chi connectivity index (χ3v) is 4.60. The van der Waals surface area contributed by atoms with Crippen molar-refractivity contribution >= 4 is 11.9 Å². The van der Waals surface area contributed by atoms with Crippen LogP contribution in [0.3, 0.4) is 0 Å².